The second-order valence-corrected chi connectivity index (χ2v) is 5.96. The zero-order chi connectivity index (χ0) is 15.1. The molecule has 0 unspecified atom stereocenters. The van der Waals surface area contributed by atoms with E-state index in [9.17, 15) is 9.59 Å². The Morgan fingerprint density at radius 3 is 2.37 bits per heavy atom. The number of nitrogens with zero attached hydrogens (tertiary/aromatic N) is 1. The summed E-state index contributed by atoms with van der Waals surface area (Å²) in [4.78, 5) is 24.3. The summed E-state index contributed by atoms with van der Waals surface area (Å²) in [6, 6.07) is 0. The van der Waals surface area contributed by atoms with Crippen molar-refractivity contribution in [2.45, 2.75) is 32.8 Å². The van der Waals surface area contributed by atoms with Gasteiger partial charge in [0.1, 0.15) is 10.1 Å². The van der Waals surface area contributed by atoms with E-state index in [1.807, 2.05) is 0 Å². The topological polar surface area (TPSA) is 58.6 Å². The Bertz CT molecular complexity index is 347. The van der Waals surface area contributed by atoms with Crippen LogP contribution in [-0.4, -0.2) is 42.6 Å². The number of carbonyl (C=O) groups excluding carboxylic acids is 2. The first kappa shape index (κ1) is 18.1. The fourth-order valence-corrected chi connectivity index (χ4v) is 1.19. The van der Waals surface area contributed by atoms with Gasteiger partial charge >= 0.3 is 6.09 Å². The van der Waals surface area contributed by atoms with E-state index in [0.717, 1.165) is 0 Å². The van der Waals surface area contributed by atoms with Crippen molar-refractivity contribution in [3.05, 3.63) is 10.6 Å². The number of nitrogens with one attached hydrogen (secondary N) is 1. The van der Waals surface area contributed by atoms with Crippen LogP contribution < -0.4 is 5.32 Å². The molecule has 0 saturated carbocycles. The molecule has 0 bridgehead atoms. The van der Waals surface area contributed by atoms with Gasteiger partial charge in [0.2, 0.25) is 5.91 Å². The Kier molecular flexibility index (Phi) is 7.87. The Hall–Kier alpha value is -0.940. The maximum absolute atomic E-state index is 11.6. The molecule has 5 nitrogen and oxygen atoms in total. The van der Waals surface area contributed by atoms with Gasteiger partial charge in [-0.3, -0.25) is 4.79 Å². The molecule has 0 atom stereocenters. The Labute approximate surface area is 123 Å². The van der Waals surface area contributed by atoms with Crippen molar-refractivity contribution in [3.63, 3.8) is 0 Å². The highest BCUT2D eigenvalue weighted by molar-refractivity contribution is 6.55. The van der Waals surface area contributed by atoms with Gasteiger partial charge in [0.15, 0.2) is 0 Å². The molecule has 0 fully saturated rings. The van der Waals surface area contributed by atoms with Crippen molar-refractivity contribution in [2.75, 3.05) is 20.1 Å². The van der Waals surface area contributed by atoms with Crippen LogP contribution in [0.2, 0.25) is 0 Å². The summed E-state index contributed by atoms with van der Waals surface area (Å²) in [5, 5.41) is 2.64. The third kappa shape index (κ3) is 10.7. The quantitative estimate of drug-likeness (QED) is 0.849. The number of halogens is 2. The lowest BCUT2D eigenvalue weighted by atomic mass is 10.2. The van der Waals surface area contributed by atoms with Crippen LogP contribution in [0.25, 0.3) is 0 Å². The van der Waals surface area contributed by atoms with Gasteiger partial charge in [-0.15, -0.1) is 0 Å². The second kappa shape index (κ2) is 8.27. The molecular formula is C12H20Cl2N2O3. The molecule has 1 N–H and O–H groups in total. The van der Waals surface area contributed by atoms with Gasteiger partial charge in [0, 0.05) is 26.6 Å². The first-order chi connectivity index (χ1) is 8.61. The molecule has 7 heteroatoms. The van der Waals surface area contributed by atoms with E-state index in [1.165, 1.54) is 11.0 Å². The van der Waals surface area contributed by atoms with Crippen molar-refractivity contribution in [1.82, 2.24) is 10.2 Å². The highest BCUT2D eigenvalue weighted by Gasteiger charge is 2.19. The van der Waals surface area contributed by atoms with E-state index in [2.05, 4.69) is 5.32 Å². The third-order valence-corrected chi connectivity index (χ3v) is 2.22. The molecule has 0 radical (unpaired) electrons. The molecule has 0 aliphatic rings. The summed E-state index contributed by atoms with van der Waals surface area (Å²) >= 11 is 10.8. The lowest BCUT2D eigenvalue weighted by Crippen LogP contribution is -2.39. The van der Waals surface area contributed by atoms with Crippen molar-refractivity contribution in [2.24, 2.45) is 0 Å². The minimum atomic E-state index is -0.531. The molecule has 0 rings (SSSR count). The summed E-state index contributed by atoms with van der Waals surface area (Å²) in [7, 11) is 1.61. The molecule has 0 saturated heterocycles. The van der Waals surface area contributed by atoms with E-state index in [1.54, 1.807) is 27.8 Å². The summed E-state index contributed by atoms with van der Waals surface area (Å²) in [6.45, 7) is 6.08. The Morgan fingerprint density at radius 1 is 1.32 bits per heavy atom. The molecule has 0 aliphatic carbocycles. The fourth-order valence-electron chi connectivity index (χ4n) is 1.04. The van der Waals surface area contributed by atoms with Crippen molar-refractivity contribution >= 4 is 35.2 Å². The highest BCUT2D eigenvalue weighted by Crippen LogP contribution is 2.09. The monoisotopic (exact) mass is 310 g/mol. The predicted octanol–water partition coefficient (Wildman–Crippen LogP) is 2.68. The van der Waals surface area contributed by atoms with Gasteiger partial charge < -0.3 is 15.0 Å². The zero-order valence-corrected chi connectivity index (χ0v) is 13.1. The van der Waals surface area contributed by atoms with E-state index < -0.39 is 11.7 Å². The predicted molar refractivity (Wildman–Crippen MR) is 76.3 cm³/mol. The van der Waals surface area contributed by atoms with Crippen LogP contribution in [0.5, 0.6) is 0 Å². The molecule has 19 heavy (non-hydrogen) atoms. The van der Waals surface area contributed by atoms with Crippen LogP contribution in [-0.2, 0) is 9.53 Å². The average Bonchev–Trinajstić information content (AvgIpc) is 2.23. The van der Waals surface area contributed by atoms with Gasteiger partial charge in [0.25, 0.3) is 0 Å². The third-order valence-electron chi connectivity index (χ3n) is 1.92. The van der Waals surface area contributed by atoms with Crippen LogP contribution >= 0.6 is 23.2 Å². The minimum absolute atomic E-state index is 0.0565. The standard InChI is InChI=1S/C12H20Cl2N2O3/c1-12(2,3)19-11(18)16(4)8-7-15-10(17)6-5-9(13)14/h5H,6-8H2,1-4H3,(H,15,17). The van der Waals surface area contributed by atoms with Crippen LogP contribution in [0.3, 0.4) is 0 Å². The molecule has 0 spiro atoms. The Morgan fingerprint density at radius 2 is 1.89 bits per heavy atom. The van der Waals surface area contributed by atoms with E-state index in [4.69, 9.17) is 27.9 Å². The van der Waals surface area contributed by atoms with Crippen LogP contribution in [0.4, 0.5) is 4.79 Å². The molecule has 0 aliphatic heterocycles. The van der Waals surface area contributed by atoms with E-state index in [0.29, 0.717) is 13.1 Å². The van der Waals surface area contributed by atoms with Crippen molar-refractivity contribution in [1.29, 1.82) is 0 Å². The molecule has 0 aromatic rings. The van der Waals surface area contributed by atoms with Crippen molar-refractivity contribution in [3.8, 4) is 0 Å². The van der Waals surface area contributed by atoms with Gasteiger partial charge in [-0.05, 0) is 26.8 Å². The van der Waals surface area contributed by atoms with Crippen LogP contribution in [0.15, 0.2) is 10.6 Å². The molecule has 0 aromatic carbocycles. The Balaban J connectivity index is 3.91. The van der Waals surface area contributed by atoms with Gasteiger partial charge in [0.05, 0.1) is 0 Å². The molecule has 0 aromatic heterocycles. The molecule has 0 heterocycles. The smallest absolute Gasteiger partial charge is 0.410 e. The lowest BCUT2D eigenvalue weighted by Gasteiger charge is -2.24. The maximum atomic E-state index is 11.6. The van der Waals surface area contributed by atoms with Crippen molar-refractivity contribution < 1.29 is 14.3 Å². The minimum Gasteiger partial charge on any atom is -0.444 e. The summed E-state index contributed by atoms with van der Waals surface area (Å²) in [5.74, 6) is -0.212. The summed E-state index contributed by atoms with van der Waals surface area (Å²) in [6.07, 6.45) is 1.08. The number of carbonyl (C=O) groups is 2. The van der Waals surface area contributed by atoms with E-state index in [-0.39, 0.29) is 16.8 Å². The van der Waals surface area contributed by atoms with Gasteiger partial charge in [-0.1, -0.05) is 23.2 Å². The second-order valence-electron chi connectivity index (χ2n) is 4.95. The summed E-state index contributed by atoms with van der Waals surface area (Å²) in [5.41, 5.74) is -0.531. The summed E-state index contributed by atoms with van der Waals surface area (Å²) < 4.78 is 5.22. The molecule has 110 valence electrons. The number of likely N-dealkylation sites (N-methyl/N-ethyl adjacent to an activating group) is 1. The average molecular weight is 311 g/mol. The maximum Gasteiger partial charge on any atom is 0.410 e. The normalized spacial score (nSPS) is 10.6. The number of rotatable bonds is 5. The first-order valence-corrected chi connectivity index (χ1v) is 6.59. The van der Waals surface area contributed by atoms with Gasteiger partial charge in [-0.2, -0.15) is 0 Å². The number of ether oxygens (including phenoxy) is 1. The zero-order valence-electron chi connectivity index (χ0n) is 11.6. The number of amides is 2. The molecular weight excluding hydrogens is 291 g/mol. The first-order valence-electron chi connectivity index (χ1n) is 5.84. The number of hydrogen-bond donors (Lipinski definition) is 1. The number of hydrogen-bond acceptors (Lipinski definition) is 3. The van der Waals surface area contributed by atoms with Gasteiger partial charge in [-0.25, -0.2) is 4.79 Å². The highest BCUT2D eigenvalue weighted by atomic mass is 35.5. The van der Waals surface area contributed by atoms with Crippen LogP contribution in [0, 0.1) is 0 Å². The van der Waals surface area contributed by atoms with E-state index >= 15 is 0 Å². The SMILES string of the molecule is CN(CCNC(=O)CC=C(Cl)Cl)C(=O)OC(C)(C)C. The lowest BCUT2D eigenvalue weighted by molar-refractivity contribution is -0.120. The molecule has 2 amide bonds. The fraction of sp³-hybridized carbons (Fsp3) is 0.667. The van der Waals surface area contributed by atoms with Crippen LogP contribution in [0.1, 0.15) is 27.2 Å². The largest absolute Gasteiger partial charge is 0.444 e.